The summed E-state index contributed by atoms with van der Waals surface area (Å²) in [5.41, 5.74) is 0.613. The molecule has 4 aromatic rings. The normalized spacial score (nSPS) is 14.5. The lowest BCUT2D eigenvalue weighted by atomic mass is 10.2. The Bertz CT molecular complexity index is 1310. The lowest BCUT2D eigenvalue weighted by Gasteiger charge is -2.35. The van der Waals surface area contributed by atoms with Gasteiger partial charge in [0, 0.05) is 45.6 Å². The number of carbonyl (C=O) groups excluding carboxylic acids is 1. The molecule has 4 heterocycles. The summed E-state index contributed by atoms with van der Waals surface area (Å²) in [7, 11) is 1.68. The molecule has 1 aliphatic rings. The predicted molar refractivity (Wildman–Crippen MR) is 117 cm³/mol. The number of benzene rings is 1. The zero-order chi connectivity index (χ0) is 21.4. The molecule has 10 nitrogen and oxygen atoms in total. The van der Waals surface area contributed by atoms with Crippen LogP contribution in [-0.4, -0.2) is 71.9 Å². The van der Waals surface area contributed by atoms with Crippen molar-refractivity contribution < 1.29 is 4.79 Å². The zero-order valence-corrected chi connectivity index (χ0v) is 17.7. The number of aryl methyl sites for hydroxylation is 1. The van der Waals surface area contributed by atoms with Gasteiger partial charge in [0.2, 0.25) is 11.7 Å². The molecule has 1 amide bonds. The van der Waals surface area contributed by atoms with E-state index in [2.05, 4.69) is 25.1 Å². The van der Waals surface area contributed by atoms with E-state index in [1.165, 1.54) is 16.3 Å². The van der Waals surface area contributed by atoms with Gasteiger partial charge in [-0.2, -0.15) is 0 Å². The molecule has 31 heavy (non-hydrogen) atoms. The summed E-state index contributed by atoms with van der Waals surface area (Å²) in [6.07, 6.45) is 5.06. The zero-order valence-electron chi connectivity index (χ0n) is 16.9. The molecule has 0 aliphatic carbocycles. The highest BCUT2D eigenvalue weighted by Crippen LogP contribution is 2.22. The second-order valence-electron chi connectivity index (χ2n) is 7.22. The van der Waals surface area contributed by atoms with E-state index in [-0.39, 0.29) is 17.2 Å². The molecule has 0 atom stereocenters. The van der Waals surface area contributed by atoms with E-state index < -0.39 is 0 Å². The van der Waals surface area contributed by atoms with E-state index in [1.807, 2.05) is 27.5 Å². The topological polar surface area (TPSA) is 102 Å². The highest BCUT2D eigenvalue weighted by Gasteiger charge is 2.23. The van der Waals surface area contributed by atoms with Crippen molar-refractivity contribution in [1.82, 2.24) is 34.0 Å². The molecular formula is C20H20N8O2S. The molecule has 0 unspecified atom stereocenters. The van der Waals surface area contributed by atoms with Gasteiger partial charge < -0.3 is 9.80 Å². The molecule has 1 saturated heterocycles. The molecule has 0 bridgehead atoms. The Morgan fingerprint density at radius 3 is 2.68 bits per heavy atom. The fraction of sp³-hybridized carbons (Fsp3) is 0.300. The van der Waals surface area contributed by atoms with E-state index in [0.29, 0.717) is 29.4 Å². The smallest absolute Gasteiger partial charge is 0.262 e. The van der Waals surface area contributed by atoms with Gasteiger partial charge in [0.05, 0.1) is 22.9 Å². The second kappa shape index (κ2) is 7.99. The summed E-state index contributed by atoms with van der Waals surface area (Å²) in [5, 5.41) is 9.59. The van der Waals surface area contributed by atoms with Crippen molar-refractivity contribution in [3.8, 4) is 0 Å². The second-order valence-corrected chi connectivity index (χ2v) is 8.16. The molecule has 158 valence electrons. The third-order valence-corrected chi connectivity index (χ3v) is 6.34. The number of hydrogen-bond acceptors (Lipinski definition) is 8. The number of aromatic nitrogens is 6. The Morgan fingerprint density at radius 2 is 1.90 bits per heavy atom. The minimum Gasteiger partial charge on any atom is -0.352 e. The van der Waals surface area contributed by atoms with Gasteiger partial charge in [-0.25, -0.2) is 4.98 Å². The molecule has 1 fully saturated rings. The number of fused-ring (bicyclic) bond motifs is 3. The van der Waals surface area contributed by atoms with Crippen molar-refractivity contribution in [2.24, 2.45) is 7.05 Å². The van der Waals surface area contributed by atoms with Gasteiger partial charge in [-0.1, -0.05) is 23.9 Å². The lowest BCUT2D eigenvalue weighted by Crippen LogP contribution is -2.49. The van der Waals surface area contributed by atoms with Crippen LogP contribution < -0.4 is 10.5 Å². The van der Waals surface area contributed by atoms with Crippen LogP contribution in [0.3, 0.4) is 0 Å². The van der Waals surface area contributed by atoms with Crippen molar-refractivity contribution in [3.05, 3.63) is 53.2 Å². The van der Waals surface area contributed by atoms with Gasteiger partial charge in [0.1, 0.15) is 5.82 Å². The molecular weight excluding hydrogens is 416 g/mol. The van der Waals surface area contributed by atoms with Crippen molar-refractivity contribution in [1.29, 1.82) is 0 Å². The molecule has 0 N–H and O–H groups in total. The number of piperazine rings is 1. The van der Waals surface area contributed by atoms with Gasteiger partial charge >= 0.3 is 0 Å². The van der Waals surface area contributed by atoms with Gasteiger partial charge in [0.15, 0.2) is 5.16 Å². The van der Waals surface area contributed by atoms with Crippen LogP contribution in [0.15, 0.2) is 52.8 Å². The van der Waals surface area contributed by atoms with Crippen LogP contribution >= 0.6 is 11.8 Å². The fourth-order valence-electron chi connectivity index (χ4n) is 3.76. The minimum absolute atomic E-state index is 0.0506. The van der Waals surface area contributed by atoms with Crippen LogP contribution in [0, 0.1) is 0 Å². The van der Waals surface area contributed by atoms with Crippen LogP contribution in [0.1, 0.15) is 0 Å². The summed E-state index contributed by atoms with van der Waals surface area (Å²) in [4.78, 5) is 37.8. The average molecular weight is 437 g/mol. The maximum absolute atomic E-state index is 12.8. The van der Waals surface area contributed by atoms with E-state index in [0.717, 1.165) is 24.4 Å². The Balaban J connectivity index is 1.31. The van der Waals surface area contributed by atoms with Crippen molar-refractivity contribution in [3.63, 3.8) is 0 Å². The van der Waals surface area contributed by atoms with Gasteiger partial charge in [0.25, 0.3) is 5.56 Å². The largest absolute Gasteiger partial charge is 0.352 e. The number of carbonyl (C=O) groups is 1. The summed E-state index contributed by atoms with van der Waals surface area (Å²) >= 11 is 1.33. The minimum atomic E-state index is -0.121. The maximum atomic E-state index is 12.8. The van der Waals surface area contributed by atoms with Crippen molar-refractivity contribution in [2.75, 3.05) is 36.8 Å². The highest BCUT2D eigenvalue weighted by molar-refractivity contribution is 7.99. The SMILES string of the molecule is Cn1c(=O)c2ccccc2n2c(SCC(=O)N3CCN(c4cnccn4)CC3)nnc12. The average Bonchev–Trinajstić information content (AvgIpc) is 3.26. The molecule has 0 spiro atoms. The Hall–Kier alpha value is -3.47. The van der Waals surface area contributed by atoms with Gasteiger partial charge in [-0.05, 0) is 12.1 Å². The van der Waals surface area contributed by atoms with Crippen molar-refractivity contribution >= 4 is 40.2 Å². The number of hydrogen-bond donors (Lipinski definition) is 0. The lowest BCUT2D eigenvalue weighted by molar-refractivity contribution is -0.128. The monoisotopic (exact) mass is 436 g/mol. The number of amides is 1. The molecule has 3 aromatic heterocycles. The first-order valence-electron chi connectivity index (χ1n) is 9.88. The standard InChI is InChI=1S/C20H20N8O2S/c1-25-18(30)14-4-2-3-5-15(14)28-19(25)23-24-20(28)31-13-17(29)27-10-8-26(9-11-27)16-12-21-6-7-22-16/h2-7,12H,8-11,13H2,1H3. The molecule has 0 radical (unpaired) electrons. The highest BCUT2D eigenvalue weighted by atomic mass is 32.2. The van der Waals surface area contributed by atoms with Crippen molar-refractivity contribution in [2.45, 2.75) is 5.16 Å². The Morgan fingerprint density at radius 1 is 1.10 bits per heavy atom. The summed E-state index contributed by atoms with van der Waals surface area (Å²) in [6, 6.07) is 7.35. The first-order valence-corrected chi connectivity index (χ1v) is 10.9. The number of nitrogens with zero attached hydrogens (tertiary/aromatic N) is 8. The first kappa shape index (κ1) is 19.5. The quantitative estimate of drug-likeness (QED) is 0.433. The Kier molecular flexibility index (Phi) is 5.02. The first-order chi connectivity index (χ1) is 15.1. The van der Waals surface area contributed by atoms with Gasteiger partial charge in [-0.15, -0.1) is 10.2 Å². The molecule has 1 aliphatic heterocycles. The molecule has 0 saturated carbocycles. The van der Waals surface area contributed by atoms with Crippen LogP contribution in [0.25, 0.3) is 16.7 Å². The fourth-order valence-corrected chi connectivity index (χ4v) is 4.60. The van der Waals surface area contributed by atoms with E-state index in [4.69, 9.17) is 0 Å². The number of thioether (sulfide) groups is 1. The summed E-state index contributed by atoms with van der Waals surface area (Å²) in [6.45, 7) is 2.70. The van der Waals surface area contributed by atoms with Crippen LogP contribution in [-0.2, 0) is 11.8 Å². The summed E-state index contributed by atoms with van der Waals surface area (Å²) < 4.78 is 3.31. The third-order valence-electron chi connectivity index (χ3n) is 5.43. The number of para-hydroxylation sites is 1. The molecule has 11 heteroatoms. The molecule has 5 rings (SSSR count). The third kappa shape index (κ3) is 3.50. The Labute approximate surface area is 181 Å². The van der Waals surface area contributed by atoms with E-state index >= 15 is 0 Å². The molecule has 1 aromatic carbocycles. The van der Waals surface area contributed by atoms with Crippen LogP contribution in [0.2, 0.25) is 0 Å². The van der Waals surface area contributed by atoms with Crippen LogP contribution in [0.4, 0.5) is 5.82 Å². The maximum Gasteiger partial charge on any atom is 0.262 e. The summed E-state index contributed by atoms with van der Waals surface area (Å²) in [5.74, 6) is 1.59. The predicted octanol–water partition coefficient (Wildman–Crippen LogP) is 0.812. The number of rotatable bonds is 4. The van der Waals surface area contributed by atoms with Crippen LogP contribution in [0.5, 0.6) is 0 Å². The van der Waals surface area contributed by atoms with E-state index in [1.54, 1.807) is 31.7 Å². The van der Waals surface area contributed by atoms with Gasteiger partial charge in [-0.3, -0.25) is 23.5 Å². The van der Waals surface area contributed by atoms with E-state index in [9.17, 15) is 9.59 Å². The number of anilines is 1.